The Morgan fingerprint density at radius 3 is 2.85 bits per heavy atom. The molecule has 5 nitrogen and oxygen atoms in total. The number of piperidine rings is 1. The van der Waals surface area contributed by atoms with E-state index in [4.69, 9.17) is 11.6 Å². The third-order valence-electron chi connectivity index (χ3n) is 3.48. The summed E-state index contributed by atoms with van der Waals surface area (Å²) in [5.74, 6) is 0. The van der Waals surface area contributed by atoms with Gasteiger partial charge in [-0.3, -0.25) is 0 Å². The van der Waals surface area contributed by atoms with Gasteiger partial charge < -0.3 is 4.90 Å². The van der Waals surface area contributed by atoms with Gasteiger partial charge in [-0.25, -0.2) is 13.4 Å². The smallest absolute Gasteiger partial charge is 0.246 e. The van der Waals surface area contributed by atoms with Crippen molar-refractivity contribution in [2.45, 2.75) is 23.8 Å². The van der Waals surface area contributed by atoms with Crippen LogP contribution in [0, 0.1) is 0 Å². The van der Waals surface area contributed by atoms with Crippen molar-refractivity contribution in [2.75, 3.05) is 27.2 Å². The molecule has 1 saturated heterocycles. The van der Waals surface area contributed by atoms with Crippen LogP contribution in [0.4, 0.5) is 0 Å². The Hall–Kier alpha value is -0.210. The van der Waals surface area contributed by atoms with Crippen molar-refractivity contribution in [1.29, 1.82) is 0 Å². The largest absolute Gasteiger partial charge is 0.305 e. The molecule has 112 valence electrons. The highest BCUT2D eigenvalue weighted by atomic mass is 79.9. The second kappa shape index (κ2) is 6.27. The van der Waals surface area contributed by atoms with Gasteiger partial charge in [0.15, 0.2) is 0 Å². The van der Waals surface area contributed by atoms with Crippen LogP contribution in [0.15, 0.2) is 21.6 Å². The number of pyridine rings is 1. The lowest BCUT2D eigenvalue weighted by molar-refractivity contribution is 0.190. The lowest BCUT2D eigenvalue weighted by Gasteiger charge is -2.35. The maximum Gasteiger partial charge on any atom is 0.246 e. The van der Waals surface area contributed by atoms with Crippen molar-refractivity contribution in [2.24, 2.45) is 0 Å². The predicted octanol–water partition coefficient (Wildman–Crippen LogP) is 2.21. The lowest BCUT2D eigenvalue weighted by atomic mass is 10.1. The van der Waals surface area contributed by atoms with Crippen molar-refractivity contribution in [1.82, 2.24) is 14.2 Å². The molecule has 1 aliphatic rings. The fourth-order valence-corrected chi connectivity index (χ4v) is 4.72. The molecule has 0 radical (unpaired) electrons. The molecule has 0 saturated carbocycles. The average Bonchev–Trinajstić information content (AvgIpc) is 2.41. The van der Waals surface area contributed by atoms with Crippen LogP contribution in [0.25, 0.3) is 0 Å². The summed E-state index contributed by atoms with van der Waals surface area (Å²) in [7, 11) is 0.334. The van der Waals surface area contributed by atoms with Gasteiger partial charge in [-0.1, -0.05) is 11.6 Å². The van der Waals surface area contributed by atoms with E-state index in [1.54, 1.807) is 0 Å². The molecule has 1 aromatic heterocycles. The Morgan fingerprint density at radius 2 is 2.20 bits per heavy atom. The molecular weight excluding hydrogens is 366 g/mol. The number of nitrogens with zero attached hydrogens (tertiary/aromatic N) is 3. The fraction of sp³-hybridized carbons (Fsp3) is 0.583. The van der Waals surface area contributed by atoms with Crippen LogP contribution in [0.2, 0.25) is 5.15 Å². The van der Waals surface area contributed by atoms with Gasteiger partial charge in [0.2, 0.25) is 10.0 Å². The first-order valence-electron chi connectivity index (χ1n) is 6.30. The van der Waals surface area contributed by atoms with Crippen LogP contribution in [0.5, 0.6) is 0 Å². The number of sulfonamides is 1. The van der Waals surface area contributed by atoms with E-state index in [-0.39, 0.29) is 16.1 Å². The predicted molar refractivity (Wildman–Crippen MR) is 82.4 cm³/mol. The molecule has 0 bridgehead atoms. The minimum atomic E-state index is -3.60. The zero-order valence-corrected chi connectivity index (χ0v) is 14.5. The van der Waals surface area contributed by atoms with Gasteiger partial charge in [-0.15, -0.1) is 0 Å². The average molecular weight is 383 g/mol. The van der Waals surface area contributed by atoms with Gasteiger partial charge in [0.1, 0.15) is 10.0 Å². The molecule has 1 fully saturated rings. The first-order chi connectivity index (χ1) is 9.32. The second-order valence-corrected chi connectivity index (χ2v) is 8.25. The fourth-order valence-electron chi connectivity index (χ4n) is 2.28. The Kier molecular flexibility index (Phi) is 5.07. The Bertz CT molecular complexity index is 594. The Balaban J connectivity index is 2.32. The van der Waals surface area contributed by atoms with E-state index in [0.29, 0.717) is 17.6 Å². The molecule has 1 aliphatic heterocycles. The number of hydrogen-bond acceptors (Lipinski definition) is 4. The van der Waals surface area contributed by atoms with E-state index < -0.39 is 10.0 Å². The normalized spacial score (nSPS) is 21.4. The highest BCUT2D eigenvalue weighted by Crippen LogP contribution is 2.28. The van der Waals surface area contributed by atoms with E-state index in [1.807, 2.05) is 14.1 Å². The maximum absolute atomic E-state index is 12.7. The molecule has 0 aliphatic carbocycles. The van der Waals surface area contributed by atoms with Gasteiger partial charge in [0.25, 0.3) is 0 Å². The zero-order valence-electron chi connectivity index (χ0n) is 11.4. The van der Waals surface area contributed by atoms with Crippen molar-refractivity contribution >= 4 is 37.6 Å². The minimum absolute atomic E-state index is 0.0141. The Labute approximate surface area is 133 Å². The molecule has 20 heavy (non-hydrogen) atoms. The van der Waals surface area contributed by atoms with Crippen molar-refractivity contribution in [3.8, 4) is 0 Å². The summed E-state index contributed by atoms with van der Waals surface area (Å²) < 4.78 is 27.5. The number of halogens is 2. The first-order valence-corrected chi connectivity index (χ1v) is 8.91. The lowest BCUT2D eigenvalue weighted by Crippen LogP contribution is -2.47. The standard InChI is InChI=1S/C12H17BrClN3O2S/c1-16(2)10-4-3-5-17(8-10)20(18,19)11-6-9(13)7-15-12(11)14/h6-7,10H,3-5,8H2,1-2H3. The van der Waals surface area contributed by atoms with Crippen LogP contribution in [-0.2, 0) is 10.0 Å². The second-order valence-electron chi connectivity index (χ2n) is 5.07. The molecule has 0 N–H and O–H groups in total. The number of hydrogen-bond donors (Lipinski definition) is 0. The summed E-state index contributed by atoms with van der Waals surface area (Å²) in [6.45, 7) is 1.01. The maximum atomic E-state index is 12.7. The molecule has 1 aromatic rings. The van der Waals surface area contributed by atoms with Gasteiger partial charge in [-0.05, 0) is 48.9 Å². The van der Waals surface area contributed by atoms with Gasteiger partial charge >= 0.3 is 0 Å². The molecular formula is C12H17BrClN3O2S. The van der Waals surface area contributed by atoms with Gasteiger partial charge in [0, 0.05) is 29.8 Å². The molecule has 1 atom stereocenters. The molecule has 1 unspecified atom stereocenters. The number of likely N-dealkylation sites (N-methyl/N-ethyl adjacent to an activating group) is 1. The summed E-state index contributed by atoms with van der Waals surface area (Å²) in [6.07, 6.45) is 3.34. The van der Waals surface area contributed by atoms with Crippen LogP contribution < -0.4 is 0 Å². The highest BCUT2D eigenvalue weighted by molar-refractivity contribution is 9.10. The third-order valence-corrected chi connectivity index (χ3v) is 6.21. The first kappa shape index (κ1) is 16.2. The van der Waals surface area contributed by atoms with E-state index >= 15 is 0 Å². The number of aromatic nitrogens is 1. The van der Waals surface area contributed by atoms with Crippen molar-refractivity contribution < 1.29 is 8.42 Å². The molecule has 2 rings (SSSR count). The van der Waals surface area contributed by atoms with Crippen LogP contribution >= 0.6 is 27.5 Å². The molecule has 8 heteroatoms. The third kappa shape index (κ3) is 3.33. The van der Waals surface area contributed by atoms with Gasteiger partial charge in [-0.2, -0.15) is 4.31 Å². The summed E-state index contributed by atoms with van der Waals surface area (Å²) >= 11 is 9.19. The van der Waals surface area contributed by atoms with E-state index in [1.165, 1.54) is 16.6 Å². The minimum Gasteiger partial charge on any atom is -0.305 e. The van der Waals surface area contributed by atoms with Crippen molar-refractivity contribution in [3.05, 3.63) is 21.9 Å². The SMILES string of the molecule is CN(C)C1CCCN(S(=O)(=O)c2cc(Br)cnc2Cl)C1. The molecule has 2 heterocycles. The van der Waals surface area contributed by atoms with Crippen LogP contribution in [-0.4, -0.2) is 55.8 Å². The monoisotopic (exact) mass is 381 g/mol. The van der Waals surface area contributed by atoms with Gasteiger partial charge in [0.05, 0.1) is 0 Å². The Morgan fingerprint density at radius 1 is 1.50 bits per heavy atom. The van der Waals surface area contributed by atoms with E-state index in [9.17, 15) is 8.42 Å². The highest BCUT2D eigenvalue weighted by Gasteiger charge is 2.32. The summed E-state index contributed by atoms with van der Waals surface area (Å²) in [5.41, 5.74) is 0. The summed E-state index contributed by atoms with van der Waals surface area (Å²) in [5, 5.41) is 0.0141. The molecule has 0 aromatic carbocycles. The molecule has 0 spiro atoms. The van der Waals surface area contributed by atoms with E-state index in [0.717, 1.165) is 12.8 Å². The van der Waals surface area contributed by atoms with Crippen LogP contribution in [0.1, 0.15) is 12.8 Å². The topological polar surface area (TPSA) is 53.5 Å². The summed E-state index contributed by atoms with van der Waals surface area (Å²) in [6, 6.07) is 1.74. The molecule has 0 amide bonds. The number of rotatable bonds is 3. The van der Waals surface area contributed by atoms with E-state index in [2.05, 4.69) is 25.8 Å². The zero-order chi connectivity index (χ0) is 14.9. The summed E-state index contributed by atoms with van der Waals surface area (Å²) in [4.78, 5) is 6.02. The quantitative estimate of drug-likeness (QED) is 0.752. The van der Waals surface area contributed by atoms with Crippen molar-refractivity contribution in [3.63, 3.8) is 0 Å². The van der Waals surface area contributed by atoms with Crippen LogP contribution in [0.3, 0.4) is 0 Å².